The summed E-state index contributed by atoms with van der Waals surface area (Å²) in [4.78, 5) is 5.02. The predicted octanol–water partition coefficient (Wildman–Crippen LogP) is 9.74. The first-order valence-electron chi connectivity index (χ1n) is 16.9. The van der Waals surface area contributed by atoms with Gasteiger partial charge in [0.1, 0.15) is 0 Å². The Labute approximate surface area is 282 Å². The van der Waals surface area contributed by atoms with Crippen LogP contribution in [0.3, 0.4) is 0 Å². The van der Waals surface area contributed by atoms with Gasteiger partial charge in [-0.25, -0.2) is 0 Å². The summed E-state index contributed by atoms with van der Waals surface area (Å²) in [6.45, 7) is 4.98. The Hall–Kier alpha value is -5.80. The molecule has 0 unspecified atom stereocenters. The average molecular weight is 613 g/mol. The highest BCUT2D eigenvalue weighted by molar-refractivity contribution is 7.01. The third-order valence-corrected chi connectivity index (χ3v) is 10.8. The maximum Gasteiger partial charge on any atom is 0.252 e. The smallest absolute Gasteiger partial charge is 0.252 e. The summed E-state index contributed by atoms with van der Waals surface area (Å²) in [7, 11) is 0. The normalized spacial score (nSPS) is 14.5. The quantitative estimate of drug-likeness (QED) is 0.183. The third-order valence-electron chi connectivity index (χ3n) is 10.8. The molecule has 7 aromatic carbocycles. The van der Waals surface area contributed by atoms with Crippen LogP contribution in [0.25, 0.3) is 22.3 Å². The lowest BCUT2D eigenvalue weighted by atomic mass is 9.28. The number of anilines is 6. The van der Waals surface area contributed by atoms with Crippen LogP contribution in [0.2, 0.25) is 0 Å². The Morgan fingerprint density at radius 3 is 1.42 bits per heavy atom. The molecule has 0 aliphatic carbocycles. The van der Waals surface area contributed by atoms with E-state index in [1.54, 1.807) is 0 Å². The first-order chi connectivity index (χ1) is 23.6. The molecule has 0 radical (unpaired) electrons. The molecule has 3 aliphatic heterocycles. The van der Waals surface area contributed by atoms with Crippen LogP contribution in [-0.4, -0.2) is 6.71 Å². The van der Waals surface area contributed by atoms with E-state index in [9.17, 15) is 0 Å². The number of benzene rings is 7. The summed E-state index contributed by atoms with van der Waals surface area (Å²) in [5, 5.41) is 0. The van der Waals surface area contributed by atoms with Gasteiger partial charge in [0.2, 0.25) is 0 Å². The Balaban J connectivity index is 1.22. The van der Waals surface area contributed by atoms with Gasteiger partial charge in [-0.2, -0.15) is 0 Å². The maximum absolute atomic E-state index is 2.52. The second-order valence-corrected chi connectivity index (χ2v) is 13.7. The van der Waals surface area contributed by atoms with E-state index in [1.165, 1.54) is 83.9 Å². The zero-order valence-corrected chi connectivity index (χ0v) is 27.1. The fourth-order valence-electron chi connectivity index (χ4n) is 8.72. The third kappa shape index (κ3) is 3.76. The monoisotopic (exact) mass is 612 g/mol. The van der Waals surface area contributed by atoms with Crippen molar-refractivity contribution in [2.45, 2.75) is 19.3 Å². The molecule has 0 saturated carbocycles. The molecule has 0 aromatic heterocycles. The van der Waals surface area contributed by atoms with Crippen LogP contribution in [0, 0.1) is 0 Å². The number of rotatable bonds is 4. The standard InChI is InChI=1S/C45H33BN2/c1-45(2)36-22-11-24-38-42(36)46-43-37(45)23-12-25-39(43)48(41-27-13-26-40(44(41)46)47(38)34-19-7-4-8-20-34)35-21-10-18-33(29-35)32-17-9-16-31(28-32)30-14-5-3-6-15-30/h3-29H,1-2H3. The van der Waals surface area contributed by atoms with Crippen molar-refractivity contribution in [3.63, 3.8) is 0 Å². The van der Waals surface area contributed by atoms with E-state index in [4.69, 9.17) is 0 Å². The van der Waals surface area contributed by atoms with Gasteiger partial charge in [-0.1, -0.05) is 123 Å². The molecule has 226 valence electrons. The minimum atomic E-state index is -0.148. The van der Waals surface area contributed by atoms with Crippen molar-refractivity contribution >= 4 is 57.2 Å². The number of hydrogen-bond donors (Lipinski definition) is 0. The molecule has 0 spiro atoms. The minimum Gasteiger partial charge on any atom is -0.311 e. The molecular formula is C45H33BN2. The van der Waals surface area contributed by atoms with Crippen LogP contribution in [0.1, 0.15) is 25.0 Å². The van der Waals surface area contributed by atoms with Crippen molar-refractivity contribution in [1.29, 1.82) is 0 Å². The van der Waals surface area contributed by atoms with Crippen LogP contribution >= 0.6 is 0 Å². The van der Waals surface area contributed by atoms with Crippen molar-refractivity contribution in [3.8, 4) is 22.3 Å². The second kappa shape index (κ2) is 10.1. The lowest BCUT2D eigenvalue weighted by molar-refractivity contribution is 0.646. The summed E-state index contributed by atoms with van der Waals surface area (Å²) in [6.07, 6.45) is 0. The lowest BCUT2D eigenvalue weighted by Crippen LogP contribution is -2.67. The maximum atomic E-state index is 2.52. The summed E-state index contributed by atoms with van der Waals surface area (Å²) < 4.78 is 0. The first-order valence-corrected chi connectivity index (χ1v) is 16.9. The highest BCUT2D eigenvalue weighted by Gasteiger charge is 2.50. The molecule has 0 amide bonds. The van der Waals surface area contributed by atoms with Crippen molar-refractivity contribution in [2.24, 2.45) is 0 Å². The fourth-order valence-corrected chi connectivity index (χ4v) is 8.72. The molecule has 0 atom stereocenters. The van der Waals surface area contributed by atoms with Gasteiger partial charge in [0.05, 0.1) is 0 Å². The molecule has 3 aliphatic rings. The second-order valence-electron chi connectivity index (χ2n) is 13.7. The number of para-hydroxylation sites is 1. The van der Waals surface area contributed by atoms with Gasteiger partial charge in [0.15, 0.2) is 0 Å². The summed E-state index contributed by atoms with van der Waals surface area (Å²) in [5.74, 6) is 0. The van der Waals surface area contributed by atoms with E-state index >= 15 is 0 Å². The molecule has 48 heavy (non-hydrogen) atoms. The summed E-state index contributed by atoms with van der Waals surface area (Å²) in [6, 6.07) is 60.3. The lowest BCUT2D eigenvalue weighted by Gasteiger charge is -2.50. The minimum absolute atomic E-state index is 0.148. The molecule has 3 heterocycles. The van der Waals surface area contributed by atoms with Crippen LogP contribution in [0.4, 0.5) is 34.1 Å². The zero-order chi connectivity index (χ0) is 32.0. The number of nitrogens with zero attached hydrogens (tertiary/aromatic N) is 2. The Morgan fingerprint density at radius 2 is 0.792 bits per heavy atom. The van der Waals surface area contributed by atoms with Gasteiger partial charge < -0.3 is 9.80 Å². The molecule has 7 aromatic rings. The van der Waals surface area contributed by atoms with Crippen molar-refractivity contribution in [3.05, 3.63) is 175 Å². The van der Waals surface area contributed by atoms with Gasteiger partial charge >= 0.3 is 0 Å². The largest absolute Gasteiger partial charge is 0.311 e. The molecule has 3 heteroatoms. The first kappa shape index (κ1) is 27.3. The van der Waals surface area contributed by atoms with Crippen LogP contribution in [0.5, 0.6) is 0 Å². The average Bonchev–Trinajstić information content (AvgIpc) is 3.14. The molecule has 0 bridgehead atoms. The molecule has 2 nitrogen and oxygen atoms in total. The highest BCUT2D eigenvalue weighted by Crippen LogP contribution is 2.48. The van der Waals surface area contributed by atoms with Gasteiger partial charge in [-0.15, -0.1) is 0 Å². The van der Waals surface area contributed by atoms with Gasteiger partial charge in [-0.05, 0) is 104 Å². The van der Waals surface area contributed by atoms with Crippen LogP contribution in [0.15, 0.2) is 164 Å². The van der Waals surface area contributed by atoms with Crippen molar-refractivity contribution in [2.75, 3.05) is 9.80 Å². The van der Waals surface area contributed by atoms with E-state index in [-0.39, 0.29) is 12.1 Å². The topological polar surface area (TPSA) is 6.48 Å². The molecule has 0 fully saturated rings. The zero-order valence-electron chi connectivity index (χ0n) is 27.1. The Morgan fingerprint density at radius 1 is 0.375 bits per heavy atom. The molecular weight excluding hydrogens is 579 g/mol. The highest BCUT2D eigenvalue weighted by atomic mass is 15.2. The van der Waals surface area contributed by atoms with Crippen LogP contribution in [-0.2, 0) is 5.41 Å². The Kier molecular flexibility index (Phi) is 5.75. The molecule has 0 N–H and O–H groups in total. The summed E-state index contributed by atoms with van der Waals surface area (Å²) in [5.41, 5.74) is 19.3. The van der Waals surface area contributed by atoms with Crippen molar-refractivity contribution in [1.82, 2.24) is 0 Å². The fraction of sp³-hybridized carbons (Fsp3) is 0.0667. The van der Waals surface area contributed by atoms with E-state index in [2.05, 4.69) is 187 Å². The van der Waals surface area contributed by atoms with E-state index in [0.717, 1.165) is 0 Å². The van der Waals surface area contributed by atoms with Gasteiger partial charge in [-0.3, -0.25) is 0 Å². The Bertz CT molecular complexity index is 2400. The van der Waals surface area contributed by atoms with E-state index in [1.807, 2.05) is 0 Å². The number of hydrogen-bond acceptors (Lipinski definition) is 2. The van der Waals surface area contributed by atoms with Gasteiger partial charge in [0.25, 0.3) is 6.71 Å². The van der Waals surface area contributed by atoms with E-state index < -0.39 is 0 Å². The summed E-state index contributed by atoms with van der Waals surface area (Å²) >= 11 is 0. The molecule has 10 rings (SSSR count). The SMILES string of the molecule is CC1(C)c2cccc3c2B2c4c(cccc4N(c4cccc(-c5cccc(-c6ccccc6)c5)c4)c4cccc1c42)N3c1ccccc1. The van der Waals surface area contributed by atoms with E-state index in [0.29, 0.717) is 0 Å². The predicted molar refractivity (Wildman–Crippen MR) is 203 cm³/mol. The van der Waals surface area contributed by atoms with Crippen molar-refractivity contribution < 1.29 is 0 Å². The van der Waals surface area contributed by atoms with Gasteiger partial charge in [0, 0.05) is 39.5 Å². The molecule has 0 saturated heterocycles. The van der Waals surface area contributed by atoms with Crippen LogP contribution < -0.4 is 26.2 Å².